The van der Waals surface area contributed by atoms with E-state index in [0.29, 0.717) is 22.7 Å². The van der Waals surface area contributed by atoms with Crippen molar-refractivity contribution in [2.45, 2.75) is 13.8 Å². The van der Waals surface area contributed by atoms with Crippen molar-refractivity contribution in [2.75, 3.05) is 25.3 Å². The van der Waals surface area contributed by atoms with Crippen LogP contribution in [0, 0.1) is 6.92 Å². The summed E-state index contributed by atoms with van der Waals surface area (Å²) in [7, 11) is 1.45. The van der Waals surface area contributed by atoms with Gasteiger partial charge in [-0.05, 0) is 49.8 Å². The highest BCUT2D eigenvalue weighted by Crippen LogP contribution is 2.30. The fourth-order valence-corrected chi connectivity index (χ4v) is 2.83. The van der Waals surface area contributed by atoms with E-state index >= 15 is 0 Å². The van der Waals surface area contributed by atoms with Crippen LogP contribution in [0.2, 0.25) is 0 Å². The summed E-state index contributed by atoms with van der Waals surface area (Å²) in [6, 6.07) is 12.1. The highest BCUT2D eigenvalue weighted by molar-refractivity contribution is 6.31. The van der Waals surface area contributed by atoms with Gasteiger partial charge in [-0.3, -0.25) is 15.0 Å². The molecule has 30 heavy (non-hydrogen) atoms. The number of methoxy groups -OCH3 is 1. The number of aryl methyl sites for hydroxylation is 1. The van der Waals surface area contributed by atoms with Crippen LogP contribution in [0.25, 0.3) is 6.08 Å². The van der Waals surface area contributed by atoms with Crippen molar-refractivity contribution in [3.8, 4) is 11.5 Å². The summed E-state index contributed by atoms with van der Waals surface area (Å²) >= 11 is 0. The van der Waals surface area contributed by atoms with Crippen LogP contribution >= 0.6 is 0 Å². The molecule has 0 atom stereocenters. The van der Waals surface area contributed by atoms with Crippen molar-refractivity contribution in [1.29, 1.82) is 0 Å². The summed E-state index contributed by atoms with van der Waals surface area (Å²) in [5.74, 6) is -0.742. The number of rotatable bonds is 7. The molecule has 1 N–H and O–H groups in total. The first-order valence-corrected chi connectivity index (χ1v) is 9.33. The van der Waals surface area contributed by atoms with E-state index in [0.717, 1.165) is 5.56 Å². The highest BCUT2D eigenvalue weighted by Gasteiger charge is 2.34. The van der Waals surface area contributed by atoms with Crippen LogP contribution < -0.4 is 19.9 Å². The minimum absolute atomic E-state index is 0.00202. The molecular formula is C22H22N2O6. The summed E-state index contributed by atoms with van der Waals surface area (Å²) in [6.45, 7) is 3.66. The molecule has 0 aromatic heterocycles. The van der Waals surface area contributed by atoms with Crippen LogP contribution in [0.3, 0.4) is 0 Å². The van der Waals surface area contributed by atoms with Gasteiger partial charge in [-0.15, -0.1) is 0 Å². The van der Waals surface area contributed by atoms with Gasteiger partial charge in [0.2, 0.25) is 0 Å². The normalized spacial score (nSPS) is 14.6. The lowest BCUT2D eigenvalue weighted by Gasteiger charge is -2.14. The average Bonchev–Trinajstić information content (AvgIpc) is 3.01. The van der Waals surface area contributed by atoms with Gasteiger partial charge in [0.15, 0.2) is 18.1 Å². The number of hydrogen-bond acceptors (Lipinski definition) is 6. The number of hydrogen-bond donors (Lipinski definition) is 1. The number of benzene rings is 2. The van der Waals surface area contributed by atoms with Gasteiger partial charge in [0, 0.05) is 0 Å². The van der Waals surface area contributed by atoms with Crippen molar-refractivity contribution >= 4 is 29.5 Å². The first-order valence-electron chi connectivity index (χ1n) is 9.33. The number of amides is 2. The minimum Gasteiger partial charge on any atom is -0.493 e. The molecule has 0 bridgehead atoms. The Hall–Kier alpha value is -3.81. The van der Waals surface area contributed by atoms with Gasteiger partial charge in [0.05, 0.1) is 19.4 Å². The summed E-state index contributed by atoms with van der Waals surface area (Å²) in [5, 5.41) is 1.21. The van der Waals surface area contributed by atoms with Crippen LogP contribution in [0.1, 0.15) is 18.1 Å². The number of carbonyl (C=O) groups is 3. The predicted octanol–water partition coefficient (Wildman–Crippen LogP) is 2.41. The molecule has 1 heterocycles. The van der Waals surface area contributed by atoms with E-state index in [1.165, 1.54) is 18.2 Å². The average molecular weight is 410 g/mol. The molecular weight excluding hydrogens is 388 g/mol. The van der Waals surface area contributed by atoms with E-state index in [9.17, 15) is 14.4 Å². The van der Waals surface area contributed by atoms with Gasteiger partial charge < -0.3 is 14.2 Å². The molecule has 3 rings (SSSR count). The third kappa shape index (κ3) is 4.60. The second-order valence-electron chi connectivity index (χ2n) is 6.48. The Bertz CT molecular complexity index is 997. The third-order valence-electron chi connectivity index (χ3n) is 4.33. The molecule has 1 aliphatic heterocycles. The van der Waals surface area contributed by atoms with E-state index in [2.05, 4.69) is 5.43 Å². The lowest BCUT2D eigenvalue weighted by molar-refractivity contribution is -0.145. The molecule has 0 radical (unpaired) electrons. The SMILES string of the molecule is CCOC(=O)COc1ccc(/C=C2\C(=O)NN(c3ccc(C)cc3)C2=O)cc1OC. The van der Waals surface area contributed by atoms with Crippen molar-refractivity contribution in [2.24, 2.45) is 0 Å². The Kier molecular flexibility index (Phi) is 6.36. The first kappa shape index (κ1) is 20.9. The van der Waals surface area contributed by atoms with E-state index in [4.69, 9.17) is 14.2 Å². The van der Waals surface area contributed by atoms with Crippen LogP contribution in [-0.2, 0) is 19.1 Å². The molecule has 8 heteroatoms. The van der Waals surface area contributed by atoms with Crippen LogP contribution in [0.15, 0.2) is 48.0 Å². The van der Waals surface area contributed by atoms with Gasteiger partial charge in [-0.2, -0.15) is 0 Å². The quantitative estimate of drug-likeness (QED) is 0.428. The molecule has 1 aliphatic rings. The fraction of sp³-hybridized carbons (Fsp3) is 0.227. The molecule has 1 fully saturated rings. The zero-order valence-corrected chi connectivity index (χ0v) is 16.9. The maximum atomic E-state index is 12.7. The standard InChI is InChI=1S/C22H22N2O6/c1-4-29-20(25)13-30-18-10-7-15(12-19(18)28-3)11-17-21(26)23-24(22(17)27)16-8-5-14(2)6-9-16/h5-12H,4,13H2,1-3H3,(H,23,26)/b17-11+. The van der Waals surface area contributed by atoms with Gasteiger partial charge >= 0.3 is 5.97 Å². The number of ether oxygens (including phenoxy) is 3. The smallest absolute Gasteiger partial charge is 0.344 e. The molecule has 2 aromatic carbocycles. The first-order chi connectivity index (χ1) is 14.4. The minimum atomic E-state index is -0.498. The van der Waals surface area contributed by atoms with Crippen molar-refractivity contribution < 1.29 is 28.6 Å². The van der Waals surface area contributed by atoms with Gasteiger partial charge in [-0.1, -0.05) is 23.8 Å². The number of esters is 1. The number of nitrogens with zero attached hydrogens (tertiary/aromatic N) is 1. The zero-order chi connectivity index (χ0) is 21.7. The van der Waals surface area contributed by atoms with Crippen molar-refractivity contribution in [3.05, 3.63) is 59.2 Å². The van der Waals surface area contributed by atoms with Gasteiger partial charge in [0.25, 0.3) is 11.8 Å². The Morgan fingerprint density at radius 3 is 2.50 bits per heavy atom. The van der Waals surface area contributed by atoms with Crippen LogP contribution in [0.4, 0.5) is 5.69 Å². The molecule has 8 nitrogen and oxygen atoms in total. The fourth-order valence-electron chi connectivity index (χ4n) is 2.83. The Labute approximate surface area is 174 Å². The Morgan fingerprint density at radius 1 is 1.10 bits per heavy atom. The zero-order valence-electron chi connectivity index (χ0n) is 16.9. The molecule has 2 aromatic rings. The predicted molar refractivity (Wildman–Crippen MR) is 110 cm³/mol. The lowest BCUT2D eigenvalue weighted by Crippen LogP contribution is -2.35. The number of nitrogens with one attached hydrogen (secondary N) is 1. The van der Waals surface area contributed by atoms with Gasteiger partial charge in [0.1, 0.15) is 5.57 Å². The number of carbonyl (C=O) groups excluding carboxylic acids is 3. The molecule has 156 valence electrons. The number of hydrazine groups is 1. The molecule has 0 unspecified atom stereocenters. The van der Waals surface area contributed by atoms with Crippen LogP contribution in [0.5, 0.6) is 11.5 Å². The maximum absolute atomic E-state index is 12.7. The highest BCUT2D eigenvalue weighted by atomic mass is 16.6. The van der Waals surface area contributed by atoms with E-state index < -0.39 is 17.8 Å². The molecule has 1 saturated heterocycles. The Morgan fingerprint density at radius 2 is 1.83 bits per heavy atom. The third-order valence-corrected chi connectivity index (χ3v) is 4.33. The summed E-state index contributed by atoms with van der Waals surface area (Å²) in [4.78, 5) is 36.6. The van der Waals surface area contributed by atoms with Crippen molar-refractivity contribution in [3.63, 3.8) is 0 Å². The van der Waals surface area contributed by atoms with E-state index in [1.807, 2.05) is 19.1 Å². The largest absolute Gasteiger partial charge is 0.493 e. The summed E-state index contributed by atoms with van der Waals surface area (Å²) in [6.07, 6.45) is 1.48. The van der Waals surface area contributed by atoms with Gasteiger partial charge in [-0.25, -0.2) is 9.80 Å². The maximum Gasteiger partial charge on any atom is 0.344 e. The summed E-state index contributed by atoms with van der Waals surface area (Å²) < 4.78 is 15.5. The van der Waals surface area contributed by atoms with Crippen LogP contribution in [-0.4, -0.2) is 38.1 Å². The Balaban J connectivity index is 1.80. The van der Waals surface area contributed by atoms with E-state index in [1.54, 1.807) is 37.3 Å². The number of anilines is 1. The summed E-state index contributed by atoms with van der Waals surface area (Å²) in [5.41, 5.74) is 4.75. The molecule has 2 amide bonds. The topological polar surface area (TPSA) is 94.2 Å². The monoisotopic (exact) mass is 410 g/mol. The molecule has 0 spiro atoms. The molecule has 0 aliphatic carbocycles. The van der Waals surface area contributed by atoms with Crippen molar-refractivity contribution in [1.82, 2.24) is 5.43 Å². The second-order valence-corrected chi connectivity index (χ2v) is 6.48. The van der Waals surface area contributed by atoms with E-state index in [-0.39, 0.29) is 18.8 Å². The molecule has 0 saturated carbocycles. The lowest BCUT2D eigenvalue weighted by atomic mass is 10.1. The second kappa shape index (κ2) is 9.13.